The number of hydrogen-bond acceptors (Lipinski definition) is 3. The van der Waals surface area contributed by atoms with Gasteiger partial charge in [0.05, 0.1) is 13.0 Å². The van der Waals surface area contributed by atoms with Crippen LogP contribution in [0.4, 0.5) is 5.69 Å². The largest absolute Gasteiger partial charge is 1.00 e. The Morgan fingerprint density at radius 2 is 1.81 bits per heavy atom. The fourth-order valence-corrected chi connectivity index (χ4v) is 3.56. The number of nitrogens with two attached hydrogens (primary N) is 1. The van der Waals surface area contributed by atoms with Crippen LogP contribution in [0.5, 0.6) is 0 Å². The number of halogens is 1. The Morgan fingerprint density at radius 3 is 2.52 bits per heavy atom. The number of aliphatic hydroxyl groups is 1. The molecule has 3 N–H and O–H groups in total. The monoisotopic (exact) mass is 388 g/mol. The van der Waals surface area contributed by atoms with E-state index in [-0.39, 0.29) is 24.2 Å². The molecule has 1 saturated heterocycles. The van der Waals surface area contributed by atoms with E-state index in [1.165, 1.54) is 12.8 Å². The molecule has 3 rings (SSSR count). The highest BCUT2D eigenvalue weighted by atomic mass is 35.5. The van der Waals surface area contributed by atoms with Gasteiger partial charge in [0.1, 0.15) is 12.1 Å². The molecule has 146 valence electrons. The molecule has 0 aromatic heterocycles. The summed E-state index contributed by atoms with van der Waals surface area (Å²) < 4.78 is 0. The number of carbonyl (C=O) groups is 1. The van der Waals surface area contributed by atoms with Gasteiger partial charge in [0.25, 0.3) is 0 Å². The summed E-state index contributed by atoms with van der Waals surface area (Å²) in [7, 11) is 0. The number of quaternary nitrogens is 1. The number of rotatable bonds is 8. The molecule has 0 saturated carbocycles. The lowest BCUT2D eigenvalue weighted by molar-refractivity contribution is -0.693. The van der Waals surface area contributed by atoms with Gasteiger partial charge >= 0.3 is 0 Å². The SMILES string of the molecule is CC([NH2+]CCC(=O)c1cccc(N2CCCC2)c1)C(O)c1ccccc1.[Cl-]. The lowest BCUT2D eigenvalue weighted by Crippen LogP contribution is -3.00. The number of hydrogen-bond donors (Lipinski definition) is 2. The highest BCUT2D eigenvalue weighted by Gasteiger charge is 2.19. The minimum atomic E-state index is -0.523. The molecular formula is C22H29ClN2O2. The van der Waals surface area contributed by atoms with Crippen molar-refractivity contribution in [3.8, 4) is 0 Å². The van der Waals surface area contributed by atoms with Crippen molar-refractivity contribution in [3.05, 3.63) is 65.7 Å². The zero-order chi connectivity index (χ0) is 18.4. The first kappa shape index (κ1) is 21.4. The number of ketones is 1. The van der Waals surface area contributed by atoms with E-state index in [1.807, 2.05) is 55.5 Å². The van der Waals surface area contributed by atoms with Crippen LogP contribution in [0.15, 0.2) is 54.6 Å². The zero-order valence-electron chi connectivity index (χ0n) is 15.9. The third-order valence-corrected chi connectivity index (χ3v) is 5.19. The standard InChI is InChI=1S/C22H28N2O2.ClH/c1-17(22(26)18-8-3-2-4-9-18)23-13-12-21(25)19-10-7-11-20(16-19)24-14-5-6-15-24;/h2-4,7-11,16-17,22-23,26H,5-6,12-15H2,1H3;1H. The summed E-state index contributed by atoms with van der Waals surface area (Å²) in [6, 6.07) is 17.7. The molecule has 0 bridgehead atoms. The predicted octanol–water partition coefficient (Wildman–Crippen LogP) is -0.451. The minimum absolute atomic E-state index is 0. The first-order valence-electron chi connectivity index (χ1n) is 9.59. The van der Waals surface area contributed by atoms with Gasteiger partial charge in [-0.2, -0.15) is 0 Å². The third-order valence-electron chi connectivity index (χ3n) is 5.19. The molecule has 27 heavy (non-hydrogen) atoms. The quantitative estimate of drug-likeness (QED) is 0.602. The molecule has 0 radical (unpaired) electrons. The second-order valence-corrected chi connectivity index (χ2v) is 7.16. The van der Waals surface area contributed by atoms with E-state index >= 15 is 0 Å². The van der Waals surface area contributed by atoms with E-state index in [4.69, 9.17) is 0 Å². The summed E-state index contributed by atoms with van der Waals surface area (Å²) in [4.78, 5) is 14.9. The van der Waals surface area contributed by atoms with E-state index in [9.17, 15) is 9.90 Å². The van der Waals surface area contributed by atoms with Crippen LogP contribution in [0.2, 0.25) is 0 Å². The molecule has 1 aliphatic rings. The Hall–Kier alpha value is -1.88. The smallest absolute Gasteiger partial charge is 0.168 e. The lowest BCUT2D eigenvalue weighted by Gasteiger charge is -2.18. The molecule has 0 spiro atoms. The molecule has 0 aliphatic carbocycles. The molecule has 1 fully saturated rings. The Morgan fingerprint density at radius 1 is 1.11 bits per heavy atom. The van der Waals surface area contributed by atoms with E-state index in [1.54, 1.807) is 0 Å². The van der Waals surface area contributed by atoms with Crippen molar-refractivity contribution < 1.29 is 27.6 Å². The van der Waals surface area contributed by atoms with E-state index in [0.29, 0.717) is 13.0 Å². The molecule has 2 aromatic rings. The van der Waals surface area contributed by atoms with Gasteiger partial charge in [-0.25, -0.2) is 0 Å². The molecule has 1 aliphatic heterocycles. The zero-order valence-corrected chi connectivity index (χ0v) is 16.6. The van der Waals surface area contributed by atoms with Crippen molar-refractivity contribution in [1.82, 2.24) is 0 Å². The van der Waals surface area contributed by atoms with Gasteiger partial charge in [-0.1, -0.05) is 42.5 Å². The molecule has 2 atom stereocenters. The number of anilines is 1. The van der Waals surface area contributed by atoms with Crippen LogP contribution in [0.3, 0.4) is 0 Å². The van der Waals surface area contributed by atoms with Gasteiger partial charge in [-0.3, -0.25) is 4.79 Å². The summed E-state index contributed by atoms with van der Waals surface area (Å²) in [5, 5.41) is 12.5. The number of benzene rings is 2. The first-order valence-corrected chi connectivity index (χ1v) is 9.59. The van der Waals surface area contributed by atoms with Crippen molar-refractivity contribution in [1.29, 1.82) is 0 Å². The maximum absolute atomic E-state index is 12.5. The van der Waals surface area contributed by atoms with Crippen LogP contribution in [0.1, 0.15) is 48.2 Å². The minimum Gasteiger partial charge on any atom is -1.00 e. The number of nitrogens with zero attached hydrogens (tertiary/aromatic N) is 1. The van der Waals surface area contributed by atoms with Crippen LogP contribution >= 0.6 is 0 Å². The molecular weight excluding hydrogens is 360 g/mol. The Balaban J connectivity index is 0.00000261. The summed E-state index contributed by atoms with van der Waals surface area (Å²) in [6.07, 6.45) is 2.42. The van der Waals surface area contributed by atoms with Gasteiger partial charge in [-0.05, 0) is 37.5 Å². The number of Topliss-reactive ketones (excluding diaryl/α,β-unsaturated/α-hetero) is 1. The van der Waals surface area contributed by atoms with Crippen molar-refractivity contribution in [3.63, 3.8) is 0 Å². The Bertz CT molecular complexity index is 717. The molecule has 0 amide bonds. The average Bonchev–Trinajstić information content (AvgIpc) is 3.23. The van der Waals surface area contributed by atoms with Crippen molar-refractivity contribution in [2.24, 2.45) is 0 Å². The van der Waals surface area contributed by atoms with Crippen LogP contribution < -0.4 is 22.6 Å². The Kier molecular flexibility index (Phi) is 8.29. The fraction of sp³-hybridized carbons (Fsp3) is 0.409. The average molecular weight is 389 g/mol. The fourth-order valence-electron chi connectivity index (χ4n) is 3.56. The van der Waals surface area contributed by atoms with Gasteiger partial charge in [0.2, 0.25) is 0 Å². The topological polar surface area (TPSA) is 57.2 Å². The van der Waals surface area contributed by atoms with Crippen LogP contribution in [-0.4, -0.2) is 36.6 Å². The normalized spacial score (nSPS) is 15.9. The van der Waals surface area contributed by atoms with Gasteiger partial charge in [0.15, 0.2) is 5.78 Å². The number of aliphatic hydroxyl groups excluding tert-OH is 1. The van der Waals surface area contributed by atoms with Crippen molar-refractivity contribution in [2.75, 3.05) is 24.5 Å². The maximum Gasteiger partial charge on any atom is 0.168 e. The van der Waals surface area contributed by atoms with Gasteiger partial charge in [0, 0.05) is 24.3 Å². The van der Waals surface area contributed by atoms with Crippen molar-refractivity contribution >= 4 is 11.5 Å². The maximum atomic E-state index is 12.5. The third kappa shape index (κ3) is 5.80. The summed E-state index contributed by atoms with van der Waals surface area (Å²) in [6.45, 7) is 4.84. The highest BCUT2D eigenvalue weighted by Crippen LogP contribution is 2.21. The summed E-state index contributed by atoms with van der Waals surface area (Å²) in [5.41, 5.74) is 2.87. The highest BCUT2D eigenvalue weighted by molar-refractivity contribution is 5.97. The molecule has 1 heterocycles. The molecule has 2 unspecified atom stereocenters. The first-order chi connectivity index (χ1) is 12.6. The predicted molar refractivity (Wildman–Crippen MR) is 104 cm³/mol. The number of carbonyl (C=O) groups excluding carboxylic acids is 1. The van der Waals surface area contributed by atoms with E-state index < -0.39 is 6.10 Å². The second-order valence-electron chi connectivity index (χ2n) is 7.16. The van der Waals surface area contributed by atoms with Crippen LogP contribution in [-0.2, 0) is 0 Å². The summed E-state index contributed by atoms with van der Waals surface area (Å²) >= 11 is 0. The Labute approximate surface area is 168 Å². The van der Waals surface area contributed by atoms with Crippen LogP contribution in [0.25, 0.3) is 0 Å². The van der Waals surface area contributed by atoms with Gasteiger partial charge in [-0.15, -0.1) is 0 Å². The second kappa shape index (κ2) is 10.5. The van der Waals surface area contributed by atoms with Crippen molar-refractivity contribution in [2.45, 2.75) is 38.3 Å². The van der Waals surface area contributed by atoms with Gasteiger partial charge < -0.3 is 27.7 Å². The molecule has 2 aromatic carbocycles. The lowest BCUT2D eigenvalue weighted by atomic mass is 10.0. The van der Waals surface area contributed by atoms with Crippen LogP contribution in [0, 0.1) is 0 Å². The molecule has 4 nitrogen and oxygen atoms in total. The molecule has 5 heteroatoms. The van der Waals surface area contributed by atoms with E-state index in [0.717, 1.165) is 29.9 Å². The van der Waals surface area contributed by atoms with E-state index in [2.05, 4.69) is 16.3 Å². The summed E-state index contributed by atoms with van der Waals surface area (Å²) in [5.74, 6) is 0.170.